The maximum absolute atomic E-state index is 13.2. The molecule has 0 saturated carbocycles. The zero-order valence-electron chi connectivity index (χ0n) is 21.3. The zero-order chi connectivity index (χ0) is 24.4. The summed E-state index contributed by atoms with van der Waals surface area (Å²) in [7, 11) is 4.94. The fourth-order valence-electron chi connectivity index (χ4n) is 5.45. The Balaban J connectivity index is 0.00000304. The summed E-state index contributed by atoms with van der Waals surface area (Å²) in [6, 6.07) is 16.7. The molecule has 0 aromatic heterocycles. The summed E-state index contributed by atoms with van der Waals surface area (Å²) in [6.07, 6.45) is 3.03. The van der Waals surface area contributed by atoms with E-state index in [1.807, 2.05) is 23.1 Å². The average Bonchev–Trinajstić information content (AvgIpc) is 3.35. The standard InChI is InChI=1S/C29H34N2O4.ClH/c1-33-25-7-6-22-14-20(4-5-23(22)15-25)8-11-30-12-9-21(18-30)19-31-13-10-24-16-27(34-2)28(35-3)17-26(24)29(31)32;/h4-7,14-17,21H,8-13,18-19H2,1-3H3;1H. The van der Waals surface area contributed by atoms with Crippen molar-refractivity contribution in [3.8, 4) is 17.2 Å². The van der Waals surface area contributed by atoms with Gasteiger partial charge in [0.1, 0.15) is 5.75 Å². The Morgan fingerprint density at radius 2 is 1.64 bits per heavy atom. The second-order valence-corrected chi connectivity index (χ2v) is 9.62. The number of carbonyl (C=O) groups is 1. The van der Waals surface area contributed by atoms with Crippen LogP contribution in [-0.4, -0.2) is 69.8 Å². The minimum atomic E-state index is 0. The smallest absolute Gasteiger partial charge is 0.254 e. The first kappa shape index (κ1) is 26.1. The van der Waals surface area contributed by atoms with Crippen LogP contribution in [0.25, 0.3) is 10.8 Å². The fraction of sp³-hybridized carbons (Fsp3) is 0.414. The van der Waals surface area contributed by atoms with Gasteiger partial charge in [0.15, 0.2) is 11.5 Å². The number of halogens is 1. The van der Waals surface area contributed by atoms with Crippen LogP contribution in [0.15, 0.2) is 48.5 Å². The van der Waals surface area contributed by atoms with Crippen molar-refractivity contribution >= 4 is 29.1 Å². The van der Waals surface area contributed by atoms with E-state index < -0.39 is 0 Å². The number of amides is 1. The molecule has 1 atom stereocenters. The lowest BCUT2D eigenvalue weighted by molar-refractivity contribution is 0.0712. The summed E-state index contributed by atoms with van der Waals surface area (Å²) in [6.45, 7) is 4.78. The number of methoxy groups -OCH3 is 3. The minimum absolute atomic E-state index is 0. The van der Waals surface area contributed by atoms with Crippen molar-refractivity contribution in [2.24, 2.45) is 5.92 Å². The lowest BCUT2D eigenvalue weighted by atomic mass is 9.96. The van der Waals surface area contributed by atoms with Gasteiger partial charge in [0.2, 0.25) is 0 Å². The van der Waals surface area contributed by atoms with Crippen molar-refractivity contribution in [1.29, 1.82) is 0 Å². The maximum atomic E-state index is 13.2. The van der Waals surface area contributed by atoms with Gasteiger partial charge in [-0.15, -0.1) is 12.4 Å². The molecule has 2 aliphatic rings. The Labute approximate surface area is 219 Å². The zero-order valence-corrected chi connectivity index (χ0v) is 22.1. The molecule has 1 saturated heterocycles. The van der Waals surface area contributed by atoms with Crippen LogP contribution in [0.4, 0.5) is 0 Å². The molecule has 0 radical (unpaired) electrons. The molecule has 6 nitrogen and oxygen atoms in total. The van der Waals surface area contributed by atoms with E-state index in [0.717, 1.165) is 68.9 Å². The fourth-order valence-corrected chi connectivity index (χ4v) is 5.45. The number of rotatable bonds is 8. The maximum Gasteiger partial charge on any atom is 0.254 e. The van der Waals surface area contributed by atoms with Crippen molar-refractivity contribution in [3.63, 3.8) is 0 Å². The van der Waals surface area contributed by atoms with E-state index in [4.69, 9.17) is 14.2 Å². The van der Waals surface area contributed by atoms with E-state index in [-0.39, 0.29) is 18.3 Å². The molecule has 2 heterocycles. The van der Waals surface area contributed by atoms with Gasteiger partial charge in [-0.3, -0.25) is 4.79 Å². The molecule has 5 rings (SSSR count). The summed E-state index contributed by atoms with van der Waals surface area (Å²) in [5.74, 6) is 2.82. The van der Waals surface area contributed by atoms with Crippen molar-refractivity contribution in [1.82, 2.24) is 9.80 Å². The van der Waals surface area contributed by atoms with Crippen LogP contribution < -0.4 is 14.2 Å². The van der Waals surface area contributed by atoms with Crippen LogP contribution in [0.3, 0.4) is 0 Å². The van der Waals surface area contributed by atoms with Crippen LogP contribution in [0.1, 0.15) is 27.9 Å². The van der Waals surface area contributed by atoms with E-state index >= 15 is 0 Å². The number of hydrogen-bond donors (Lipinski definition) is 0. The van der Waals surface area contributed by atoms with Crippen molar-refractivity contribution in [2.45, 2.75) is 19.3 Å². The molecule has 1 fully saturated rings. The summed E-state index contributed by atoms with van der Waals surface area (Å²) >= 11 is 0. The molecule has 7 heteroatoms. The second kappa shape index (κ2) is 11.4. The quantitative estimate of drug-likeness (QED) is 0.433. The van der Waals surface area contributed by atoms with Crippen LogP contribution >= 0.6 is 12.4 Å². The number of carbonyl (C=O) groups excluding carboxylic acids is 1. The number of nitrogens with zero attached hydrogens (tertiary/aromatic N) is 2. The SMILES string of the molecule is COc1ccc2cc(CCN3CCC(CN4CCc5cc(OC)c(OC)cc5C4=O)C3)ccc2c1.Cl. The number of hydrogen-bond acceptors (Lipinski definition) is 5. The summed E-state index contributed by atoms with van der Waals surface area (Å²) in [5.41, 5.74) is 3.15. The van der Waals surface area contributed by atoms with Crippen LogP contribution in [-0.2, 0) is 12.8 Å². The molecule has 0 spiro atoms. The van der Waals surface area contributed by atoms with Crippen LogP contribution in [0.2, 0.25) is 0 Å². The number of ether oxygens (including phenoxy) is 3. The van der Waals surface area contributed by atoms with Gasteiger partial charge in [-0.05, 0) is 77.9 Å². The predicted octanol–water partition coefficient (Wildman–Crippen LogP) is 4.85. The van der Waals surface area contributed by atoms with Crippen molar-refractivity contribution < 1.29 is 19.0 Å². The molecule has 1 amide bonds. The second-order valence-electron chi connectivity index (χ2n) is 9.62. The lowest BCUT2D eigenvalue weighted by Gasteiger charge is -2.31. The third kappa shape index (κ3) is 5.40. The topological polar surface area (TPSA) is 51.2 Å². The van der Waals surface area contributed by atoms with Gasteiger partial charge in [0.05, 0.1) is 21.3 Å². The van der Waals surface area contributed by atoms with Gasteiger partial charge in [0.25, 0.3) is 5.91 Å². The molecule has 0 bridgehead atoms. The number of fused-ring (bicyclic) bond motifs is 2. The minimum Gasteiger partial charge on any atom is -0.497 e. The van der Waals surface area contributed by atoms with E-state index in [2.05, 4.69) is 35.2 Å². The number of benzene rings is 3. The molecule has 1 unspecified atom stereocenters. The molecular formula is C29H35ClN2O4. The third-order valence-electron chi connectivity index (χ3n) is 7.46. The van der Waals surface area contributed by atoms with Gasteiger partial charge >= 0.3 is 0 Å². The highest BCUT2D eigenvalue weighted by Gasteiger charge is 2.30. The van der Waals surface area contributed by atoms with E-state index in [1.165, 1.54) is 16.3 Å². The Morgan fingerprint density at radius 3 is 2.42 bits per heavy atom. The highest BCUT2D eigenvalue weighted by atomic mass is 35.5. The van der Waals surface area contributed by atoms with E-state index in [9.17, 15) is 4.79 Å². The monoisotopic (exact) mass is 510 g/mol. The van der Waals surface area contributed by atoms with Gasteiger partial charge in [-0.1, -0.05) is 24.3 Å². The highest BCUT2D eigenvalue weighted by Crippen LogP contribution is 2.34. The van der Waals surface area contributed by atoms with Crippen molar-refractivity contribution in [3.05, 3.63) is 65.2 Å². The molecular weight excluding hydrogens is 476 g/mol. The highest BCUT2D eigenvalue weighted by molar-refractivity contribution is 5.97. The average molecular weight is 511 g/mol. The molecule has 192 valence electrons. The Morgan fingerprint density at radius 1 is 0.889 bits per heavy atom. The van der Waals surface area contributed by atoms with Crippen molar-refractivity contribution in [2.75, 3.05) is 54.1 Å². The Kier molecular flexibility index (Phi) is 8.27. The van der Waals surface area contributed by atoms with Gasteiger partial charge in [-0.25, -0.2) is 0 Å². The normalized spacial score (nSPS) is 17.6. The Hall–Kier alpha value is -2.96. The first-order valence-corrected chi connectivity index (χ1v) is 12.4. The molecule has 0 N–H and O–H groups in total. The van der Waals surface area contributed by atoms with E-state index in [1.54, 1.807) is 21.3 Å². The summed E-state index contributed by atoms with van der Waals surface area (Å²) < 4.78 is 16.2. The predicted molar refractivity (Wildman–Crippen MR) is 145 cm³/mol. The summed E-state index contributed by atoms with van der Waals surface area (Å²) in [4.78, 5) is 17.8. The van der Waals surface area contributed by atoms with Crippen LogP contribution in [0.5, 0.6) is 17.2 Å². The Bertz CT molecular complexity index is 1230. The van der Waals surface area contributed by atoms with Gasteiger partial charge in [-0.2, -0.15) is 0 Å². The first-order valence-electron chi connectivity index (χ1n) is 12.4. The number of likely N-dealkylation sites (tertiary alicyclic amines) is 1. The van der Waals surface area contributed by atoms with Crippen LogP contribution in [0, 0.1) is 5.92 Å². The molecule has 3 aromatic carbocycles. The molecule has 3 aromatic rings. The molecule has 2 aliphatic heterocycles. The van der Waals surface area contributed by atoms with E-state index in [0.29, 0.717) is 17.4 Å². The molecule has 36 heavy (non-hydrogen) atoms. The van der Waals surface area contributed by atoms with Gasteiger partial charge in [0, 0.05) is 31.7 Å². The summed E-state index contributed by atoms with van der Waals surface area (Å²) in [5, 5.41) is 2.46. The lowest BCUT2D eigenvalue weighted by Crippen LogP contribution is -2.41. The molecule has 0 aliphatic carbocycles. The third-order valence-corrected chi connectivity index (χ3v) is 7.46. The van der Waals surface area contributed by atoms with Gasteiger partial charge < -0.3 is 24.0 Å². The largest absolute Gasteiger partial charge is 0.497 e. The first-order chi connectivity index (χ1) is 17.1.